The summed E-state index contributed by atoms with van der Waals surface area (Å²) < 4.78 is 4.53. The van der Waals surface area contributed by atoms with Gasteiger partial charge in [-0.05, 0) is 12.5 Å². The topological polar surface area (TPSA) is 113 Å². The van der Waals surface area contributed by atoms with E-state index in [0.29, 0.717) is 5.56 Å². The van der Waals surface area contributed by atoms with E-state index in [2.05, 4.69) is 4.74 Å². The summed E-state index contributed by atoms with van der Waals surface area (Å²) in [4.78, 5) is 31.8. The number of carbonyl (C=O) groups excluding carboxylic acids is 1. The largest absolute Gasteiger partial charge is 0.469 e. The molecule has 1 aromatic carbocycles. The monoisotopic (exact) mass is 312 g/mol. The molecular formula is C14H20N2O6. The fourth-order valence-corrected chi connectivity index (χ4v) is 1.92. The number of nitro benzene ring substituents is 1. The molecule has 0 aliphatic rings. The average Bonchev–Trinajstić information content (AvgIpc) is 2.48. The fraction of sp³-hybridized carbons (Fsp3) is 0.500. The van der Waals surface area contributed by atoms with Crippen molar-refractivity contribution < 1.29 is 19.4 Å². The number of methoxy groups -OCH3 is 1. The first-order valence-electron chi connectivity index (χ1n) is 6.72. The summed E-state index contributed by atoms with van der Waals surface area (Å²) in [6.45, 7) is 4.98. The Kier molecular flexibility index (Phi) is 7.71. The molecule has 22 heavy (non-hydrogen) atoms. The molecule has 0 aliphatic heterocycles. The Balaban J connectivity index is 0.00000211. The van der Waals surface area contributed by atoms with Crippen LogP contribution in [-0.2, 0) is 14.9 Å². The minimum Gasteiger partial charge on any atom is -0.469 e. The molecule has 0 saturated carbocycles. The van der Waals surface area contributed by atoms with Crippen molar-refractivity contribution in [3.8, 4) is 0 Å². The normalized spacial score (nSPS) is 12.4. The van der Waals surface area contributed by atoms with Gasteiger partial charge < -0.3 is 4.74 Å². The molecule has 0 bridgehead atoms. The molecule has 1 rings (SSSR count). The maximum atomic E-state index is 11.4. The zero-order chi connectivity index (χ0) is 17.3. The van der Waals surface area contributed by atoms with Crippen molar-refractivity contribution in [2.75, 3.05) is 13.7 Å². The Hall–Kier alpha value is -2.51. The molecule has 0 saturated heterocycles. The molecule has 8 nitrogen and oxygen atoms in total. The van der Waals surface area contributed by atoms with Gasteiger partial charge in [-0.1, -0.05) is 26.0 Å². The average molecular weight is 312 g/mol. The highest BCUT2D eigenvalue weighted by Crippen LogP contribution is 2.30. The third kappa shape index (κ3) is 5.47. The first-order chi connectivity index (χ1) is 10.3. The Morgan fingerprint density at radius 2 is 1.86 bits per heavy atom. The van der Waals surface area contributed by atoms with Gasteiger partial charge in [-0.2, -0.15) is 0 Å². The van der Waals surface area contributed by atoms with E-state index in [0.717, 1.165) is 0 Å². The Morgan fingerprint density at radius 3 is 2.32 bits per heavy atom. The lowest BCUT2D eigenvalue weighted by molar-refractivity contribution is -0.490. The summed E-state index contributed by atoms with van der Waals surface area (Å²) in [5.74, 6) is -0.610. The molecule has 0 heterocycles. The highest BCUT2D eigenvalue weighted by molar-refractivity contribution is 5.71. The first kappa shape index (κ1) is 19.5. The SMILES string of the molecule is CC.COC(=O)CC(C)(C[N+](=O)[O-])c1cccc([N+](=O)[O-])c1. The van der Waals surface area contributed by atoms with Gasteiger partial charge in [0, 0.05) is 17.1 Å². The second kappa shape index (κ2) is 8.71. The maximum absolute atomic E-state index is 11.4. The van der Waals surface area contributed by atoms with Gasteiger partial charge in [0.2, 0.25) is 6.54 Å². The molecule has 0 aliphatic carbocycles. The predicted molar refractivity (Wildman–Crippen MR) is 80.3 cm³/mol. The van der Waals surface area contributed by atoms with Crippen molar-refractivity contribution in [3.05, 3.63) is 50.1 Å². The number of ether oxygens (including phenoxy) is 1. The molecule has 0 aromatic heterocycles. The van der Waals surface area contributed by atoms with Crippen molar-refractivity contribution in [1.29, 1.82) is 0 Å². The number of carbonyl (C=O) groups is 1. The lowest BCUT2D eigenvalue weighted by atomic mass is 9.79. The van der Waals surface area contributed by atoms with E-state index in [9.17, 15) is 25.0 Å². The number of esters is 1. The highest BCUT2D eigenvalue weighted by atomic mass is 16.6. The zero-order valence-corrected chi connectivity index (χ0v) is 13.1. The quantitative estimate of drug-likeness (QED) is 0.453. The molecule has 122 valence electrons. The van der Waals surface area contributed by atoms with Gasteiger partial charge in [0.05, 0.1) is 23.9 Å². The van der Waals surface area contributed by atoms with E-state index in [4.69, 9.17) is 0 Å². The van der Waals surface area contributed by atoms with Crippen molar-refractivity contribution in [2.24, 2.45) is 0 Å². The first-order valence-corrected chi connectivity index (χ1v) is 6.72. The number of nitro groups is 2. The lowest BCUT2D eigenvalue weighted by Gasteiger charge is -2.24. The molecule has 8 heteroatoms. The van der Waals surface area contributed by atoms with E-state index in [1.165, 1.54) is 38.3 Å². The van der Waals surface area contributed by atoms with Crippen LogP contribution < -0.4 is 0 Å². The van der Waals surface area contributed by atoms with Crippen molar-refractivity contribution >= 4 is 11.7 Å². The van der Waals surface area contributed by atoms with E-state index >= 15 is 0 Å². The molecule has 0 amide bonds. The maximum Gasteiger partial charge on any atom is 0.306 e. The minimum absolute atomic E-state index is 0.179. The fourth-order valence-electron chi connectivity index (χ4n) is 1.92. The van der Waals surface area contributed by atoms with Gasteiger partial charge in [0.25, 0.3) is 5.69 Å². The summed E-state index contributed by atoms with van der Waals surface area (Å²) in [5, 5.41) is 21.6. The van der Waals surface area contributed by atoms with Crippen LogP contribution in [0.25, 0.3) is 0 Å². The summed E-state index contributed by atoms with van der Waals surface area (Å²) in [7, 11) is 1.18. The lowest BCUT2D eigenvalue weighted by Crippen LogP contribution is -2.34. The van der Waals surface area contributed by atoms with Crippen LogP contribution in [0.5, 0.6) is 0 Å². The number of benzene rings is 1. The summed E-state index contributed by atoms with van der Waals surface area (Å²) in [6.07, 6.45) is -0.231. The van der Waals surface area contributed by atoms with Gasteiger partial charge in [-0.25, -0.2) is 0 Å². The molecule has 0 spiro atoms. The third-order valence-electron chi connectivity index (χ3n) is 2.99. The van der Waals surface area contributed by atoms with E-state index in [1.807, 2.05) is 13.8 Å². The van der Waals surface area contributed by atoms with Crippen LogP contribution in [0.3, 0.4) is 0 Å². The predicted octanol–water partition coefficient (Wildman–Crippen LogP) is 2.72. The number of hydrogen-bond acceptors (Lipinski definition) is 6. The van der Waals surface area contributed by atoms with E-state index in [1.54, 1.807) is 0 Å². The molecule has 1 unspecified atom stereocenters. The van der Waals surface area contributed by atoms with Gasteiger partial charge in [-0.15, -0.1) is 0 Å². The van der Waals surface area contributed by atoms with Crippen molar-refractivity contribution in [2.45, 2.75) is 32.6 Å². The second-order valence-electron chi connectivity index (χ2n) is 4.61. The molecule has 1 aromatic rings. The molecular weight excluding hydrogens is 292 g/mol. The number of hydrogen-bond donors (Lipinski definition) is 0. The molecule has 0 N–H and O–H groups in total. The Bertz CT molecular complexity index is 546. The van der Waals surface area contributed by atoms with Crippen LogP contribution in [0.15, 0.2) is 24.3 Å². The van der Waals surface area contributed by atoms with E-state index in [-0.39, 0.29) is 12.1 Å². The van der Waals surface area contributed by atoms with Gasteiger partial charge in [0.15, 0.2) is 0 Å². The van der Waals surface area contributed by atoms with Crippen LogP contribution >= 0.6 is 0 Å². The number of rotatable bonds is 6. The minimum atomic E-state index is -1.16. The van der Waals surface area contributed by atoms with Crippen LogP contribution in [-0.4, -0.2) is 29.5 Å². The summed E-state index contributed by atoms with van der Waals surface area (Å²) in [6, 6.07) is 5.49. The van der Waals surface area contributed by atoms with E-state index < -0.39 is 27.8 Å². The Morgan fingerprint density at radius 1 is 1.27 bits per heavy atom. The molecule has 1 atom stereocenters. The third-order valence-corrected chi connectivity index (χ3v) is 2.99. The van der Waals surface area contributed by atoms with Crippen LogP contribution in [0.1, 0.15) is 32.8 Å². The van der Waals surface area contributed by atoms with Gasteiger partial charge in [0.1, 0.15) is 0 Å². The van der Waals surface area contributed by atoms with Crippen LogP contribution in [0.4, 0.5) is 5.69 Å². The van der Waals surface area contributed by atoms with Crippen molar-refractivity contribution in [3.63, 3.8) is 0 Å². The molecule has 0 radical (unpaired) electrons. The highest BCUT2D eigenvalue weighted by Gasteiger charge is 2.36. The van der Waals surface area contributed by atoms with Gasteiger partial charge in [-0.3, -0.25) is 25.0 Å². The summed E-state index contributed by atoms with van der Waals surface area (Å²) in [5.41, 5.74) is -0.987. The van der Waals surface area contributed by atoms with Crippen LogP contribution in [0, 0.1) is 20.2 Å². The zero-order valence-electron chi connectivity index (χ0n) is 13.1. The van der Waals surface area contributed by atoms with Crippen LogP contribution in [0.2, 0.25) is 0 Å². The Labute approximate surface area is 128 Å². The van der Waals surface area contributed by atoms with Crippen molar-refractivity contribution in [1.82, 2.24) is 0 Å². The summed E-state index contributed by atoms with van der Waals surface area (Å²) >= 11 is 0. The number of nitrogens with zero attached hydrogens (tertiary/aromatic N) is 2. The second-order valence-corrected chi connectivity index (χ2v) is 4.61. The van der Waals surface area contributed by atoms with Gasteiger partial charge >= 0.3 is 5.97 Å². The standard InChI is InChI=1S/C12H14N2O6.C2H6/c1-12(8-13(16)17,7-11(15)20-2)9-4-3-5-10(6-9)14(18)19;1-2/h3-6H,7-8H2,1-2H3;1-2H3. The number of non-ortho nitro benzene ring substituents is 1. The molecule has 0 fully saturated rings. The smallest absolute Gasteiger partial charge is 0.306 e.